The molecule has 0 bridgehead atoms. The molecule has 1 aliphatic heterocycles. The Labute approximate surface area is 129 Å². The van der Waals surface area contributed by atoms with Crippen LogP contribution >= 0.6 is 11.3 Å². The molecule has 5 heteroatoms. The number of hydrogen-bond donors (Lipinski definition) is 1. The lowest BCUT2D eigenvalue weighted by Gasteiger charge is -2.18. The van der Waals surface area contributed by atoms with Crippen molar-refractivity contribution in [3.8, 4) is 0 Å². The number of hydrogen-bond acceptors (Lipinski definition) is 3. The highest BCUT2D eigenvalue weighted by Gasteiger charge is 2.61. The number of nitrogens with one attached hydrogen (secondary N) is 1. The second-order valence-electron chi connectivity index (χ2n) is 6.58. The van der Waals surface area contributed by atoms with E-state index in [1.807, 2.05) is 36.3 Å². The highest BCUT2D eigenvalue weighted by atomic mass is 32.1. The zero-order chi connectivity index (χ0) is 15.0. The molecule has 2 atom stereocenters. The van der Waals surface area contributed by atoms with Gasteiger partial charge < -0.3 is 10.2 Å². The predicted octanol–water partition coefficient (Wildman–Crippen LogP) is 2.26. The minimum absolute atomic E-state index is 0.0463. The third-order valence-electron chi connectivity index (χ3n) is 4.71. The lowest BCUT2D eigenvalue weighted by Crippen LogP contribution is -2.33. The molecule has 21 heavy (non-hydrogen) atoms. The molecule has 0 aromatic carbocycles. The number of nitrogens with zero attached hydrogens (tertiary/aromatic N) is 1. The fourth-order valence-corrected chi connectivity index (χ4v) is 3.97. The van der Waals surface area contributed by atoms with Gasteiger partial charge in [-0.3, -0.25) is 9.59 Å². The minimum Gasteiger partial charge on any atom is -0.351 e. The Bertz CT molecular complexity index is 540. The summed E-state index contributed by atoms with van der Waals surface area (Å²) in [5.41, 5.74) is 0.0735. The van der Waals surface area contributed by atoms with E-state index >= 15 is 0 Å². The van der Waals surface area contributed by atoms with E-state index in [2.05, 4.69) is 5.32 Å². The SMILES string of the molecule is CC(C)C(=O)N1CCC2(CC2C(=O)NCc2cccs2)C1. The molecule has 2 unspecified atom stereocenters. The van der Waals surface area contributed by atoms with Gasteiger partial charge in [-0.1, -0.05) is 19.9 Å². The summed E-state index contributed by atoms with van der Waals surface area (Å²) in [7, 11) is 0. The molecule has 2 heterocycles. The van der Waals surface area contributed by atoms with Crippen molar-refractivity contribution in [2.24, 2.45) is 17.3 Å². The van der Waals surface area contributed by atoms with Crippen molar-refractivity contribution < 1.29 is 9.59 Å². The van der Waals surface area contributed by atoms with Gasteiger partial charge in [0.15, 0.2) is 0 Å². The molecule has 2 fully saturated rings. The van der Waals surface area contributed by atoms with Crippen molar-refractivity contribution in [3.05, 3.63) is 22.4 Å². The number of amides is 2. The average Bonchev–Trinajstić information content (AvgIpc) is 2.83. The summed E-state index contributed by atoms with van der Waals surface area (Å²) in [6.45, 7) is 6.07. The van der Waals surface area contributed by atoms with Crippen molar-refractivity contribution in [2.75, 3.05) is 13.1 Å². The predicted molar refractivity (Wildman–Crippen MR) is 82.7 cm³/mol. The van der Waals surface area contributed by atoms with E-state index in [0.29, 0.717) is 6.54 Å². The summed E-state index contributed by atoms with van der Waals surface area (Å²) in [6, 6.07) is 4.03. The van der Waals surface area contributed by atoms with Gasteiger partial charge >= 0.3 is 0 Å². The van der Waals surface area contributed by atoms with Crippen LogP contribution in [0.1, 0.15) is 31.6 Å². The normalized spacial score (nSPS) is 27.4. The number of likely N-dealkylation sites (tertiary alicyclic amines) is 1. The third-order valence-corrected chi connectivity index (χ3v) is 5.59. The maximum Gasteiger partial charge on any atom is 0.225 e. The molecular formula is C16H22N2O2S. The second kappa shape index (κ2) is 5.44. The van der Waals surface area contributed by atoms with Gasteiger partial charge in [0.2, 0.25) is 11.8 Å². The molecule has 1 aromatic heterocycles. The number of carbonyl (C=O) groups excluding carboxylic acids is 2. The molecule has 3 rings (SSSR count). The van der Waals surface area contributed by atoms with Gasteiger partial charge in [-0.15, -0.1) is 11.3 Å². The Morgan fingerprint density at radius 1 is 1.52 bits per heavy atom. The topological polar surface area (TPSA) is 49.4 Å². The van der Waals surface area contributed by atoms with Crippen LogP contribution in [0.25, 0.3) is 0 Å². The quantitative estimate of drug-likeness (QED) is 0.927. The largest absolute Gasteiger partial charge is 0.351 e. The Morgan fingerprint density at radius 2 is 2.33 bits per heavy atom. The van der Waals surface area contributed by atoms with E-state index in [1.54, 1.807) is 11.3 Å². The van der Waals surface area contributed by atoms with Gasteiger partial charge in [0.1, 0.15) is 0 Å². The van der Waals surface area contributed by atoms with Gasteiger partial charge in [0, 0.05) is 35.2 Å². The molecule has 114 valence electrons. The molecule has 1 aromatic rings. The van der Waals surface area contributed by atoms with Gasteiger partial charge in [0.05, 0.1) is 6.54 Å². The number of thiophene rings is 1. The molecule has 4 nitrogen and oxygen atoms in total. The first kappa shape index (κ1) is 14.6. The minimum atomic E-state index is 0.0463. The van der Waals surface area contributed by atoms with Crippen LogP contribution in [0.2, 0.25) is 0 Å². The monoisotopic (exact) mass is 306 g/mol. The number of rotatable bonds is 4. The van der Waals surface area contributed by atoms with E-state index < -0.39 is 0 Å². The average molecular weight is 306 g/mol. The lowest BCUT2D eigenvalue weighted by molar-refractivity contribution is -0.133. The first-order valence-electron chi connectivity index (χ1n) is 7.61. The Hall–Kier alpha value is -1.36. The highest BCUT2D eigenvalue weighted by molar-refractivity contribution is 7.09. The summed E-state index contributed by atoms with van der Waals surface area (Å²) < 4.78 is 0. The van der Waals surface area contributed by atoms with E-state index in [9.17, 15) is 9.59 Å². The third kappa shape index (κ3) is 2.84. The van der Waals surface area contributed by atoms with Crippen LogP contribution in [0.3, 0.4) is 0 Å². The fourth-order valence-electron chi connectivity index (χ4n) is 3.33. The van der Waals surface area contributed by atoms with Crippen molar-refractivity contribution in [2.45, 2.75) is 33.2 Å². The standard InChI is InChI=1S/C16H22N2O2S/c1-11(2)15(20)18-6-5-16(10-18)8-13(16)14(19)17-9-12-4-3-7-21-12/h3-4,7,11,13H,5-6,8-10H2,1-2H3,(H,17,19). The molecule has 1 aliphatic carbocycles. The summed E-state index contributed by atoms with van der Waals surface area (Å²) in [4.78, 5) is 27.4. The van der Waals surface area contributed by atoms with Crippen LogP contribution in [0.15, 0.2) is 17.5 Å². The second-order valence-corrected chi connectivity index (χ2v) is 7.61. The highest BCUT2D eigenvalue weighted by Crippen LogP contribution is 2.58. The van der Waals surface area contributed by atoms with Gasteiger partial charge in [0.25, 0.3) is 0 Å². The van der Waals surface area contributed by atoms with Crippen molar-refractivity contribution in [1.82, 2.24) is 10.2 Å². The molecule has 2 aliphatic rings. The van der Waals surface area contributed by atoms with Crippen molar-refractivity contribution in [1.29, 1.82) is 0 Å². The maximum atomic E-state index is 12.3. The zero-order valence-corrected chi connectivity index (χ0v) is 13.4. The maximum absolute atomic E-state index is 12.3. The molecule has 1 spiro atoms. The number of carbonyl (C=O) groups is 2. The summed E-state index contributed by atoms with van der Waals surface area (Å²) in [6.07, 6.45) is 1.91. The van der Waals surface area contributed by atoms with Crippen LogP contribution in [0.5, 0.6) is 0 Å². The molecular weight excluding hydrogens is 284 g/mol. The van der Waals surface area contributed by atoms with Gasteiger partial charge in [-0.05, 0) is 24.3 Å². The Morgan fingerprint density at radius 3 is 3.00 bits per heavy atom. The fraction of sp³-hybridized carbons (Fsp3) is 0.625. The van der Waals surface area contributed by atoms with Crippen LogP contribution in [0.4, 0.5) is 0 Å². The van der Waals surface area contributed by atoms with Crippen LogP contribution in [-0.4, -0.2) is 29.8 Å². The first-order chi connectivity index (χ1) is 10.0. The summed E-state index contributed by atoms with van der Waals surface area (Å²) in [5, 5.41) is 5.05. The van der Waals surface area contributed by atoms with Crippen LogP contribution < -0.4 is 5.32 Å². The van der Waals surface area contributed by atoms with Crippen LogP contribution in [-0.2, 0) is 16.1 Å². The van der Waals surface area contributed by atoms with E-state index in [0.717, 1.165) is 25.9 Å². The van der Waals surface area contributed by atoms with Crippen molar-refractivity contribution >= 4 is 23.2 Å². The lowest BCUT2D eigenvalue weighted by atomic mass is 10.0. The molecule has 0 radical (unpaired) electrons. The summed E-state index contributed by atoms with van der Waals surface area (Å²) in [5.74, 6) is 0.520. The van der Waals surface area contributed by atoms with E-state index in [-0.39, 0.29) is 29.1 Å². The van der Waals surface area contributed by atoms with Gasteiger partial charge in [-0.2, -0.15) is 0 Å². The Kier molecular flexibility index (Phi) is 3.78. The molecule has 2 amide bonds. The molecule has 1 saturated heterocycles. The Balaban J connectivity index is 1.51. The molecule has 1 N–H and O–H groups in total. The van der Waals surface area contributed by atoms with Crippen LogP contribution in [0, 0.1) is 17.3 Å². The van der Waals surface area contributed by atoms with Crippen molar-refractivity contribution in [3.63, 3.8) is 0 Å². The van der Waals surface area contributed by atoms with E-state index in [4.69, 9.17) is 0 Å². The molecule has 1 saturated carbocycles. The zero-order valence-electron chi connectivity index (χ0n) is 12.6. The summed E-state index contributed by atoms with van der Waals surface area (Å²) >= 11 is 1.66. The van der Waals surface area contributed by atoms with Gasteiger partial charge in [-0.25, -0.2) is 0 Å². The first-order valence-corrected chi connectivity index (χ1v) is 8.49. The van der Waals surface area contributed by atoms with E-state index in [1.165, 1.54) is 4.88 Å². The smallest absolute Gasteiger partial charge is 0.225 e.